The van der Waals surface area contributed by atoms with Gasteiger partial charge in [-0.2, -0.15) is 0 Å². The van der Waals surface area contributed by atoms with Crippen LogP contribution in [0.1, 0.15) is 37.8 Å². The molecular formula is C23H30NO2. The fraction of sp³-hybridized carbons (Fsp3) is 0.435. The van der Waals surface area contributed by atoms with Crippen LogP contribution < -0.4 is 4.74 Å². The maximum Gasteiger partial charge on any atom is 0.123 e. The summed E-state index contributed by atoms with van der Waals surface area (Å²) in [5.41, 5.74) is 1.61. The normalized spacial score (nSPS) is 17.4. The first-order chi connectivity index (χ1) is 12.5. The third-order valence-electron chi connectivity index (χ3n) is 5.06. The molecule has 1 heterocycles. The van der Waals surface area contributed by atoms with Gasteiger partial charge in [0.1, 0.15) is 12.4 Å². The van der Waals surface area contributed by atoms with E-state index in [1.54, 1.807) is 0 Å². The second-order valence-corrected chi connectivity index (χ2v) is 7.77. The van der Waals surface area contributed by atoms with Crippen molar-refractivity contribution in [1.82, 2.24) is 4.90 Å². The van der Waals surface area contributed by atoms with Gasteiger partial charge in [-0.15, -0.1) is 0 Å². The van der Waals surface area contributed by atoms with Crippen LogP contribution in [0.25, 0.3) is 0 Å². The van der Waals surface area contributed by atoms with E-state index in [0.29, 0.717) is 13.0 Å². The molecule has 1 aliphatic rings. The van der Waals surface area contributed by atoms with Crippen molar-refractivity contribution in [2.75, 3.05) is 19.6 Å². The predicted molar refractivity (Wildman–Crippen MR) is 106 cm³/mol. The van der Waals surface area contributed by atoms with Crippen LogP contribution in [0.4, 0.5) is 0 Å². The van der Waals surface area contributed by atoms with Crippen molar-refractivity contribution in [2.45, 2.75) is 45.3 Å². The summed E-state index contributed by atoms with van der Waals surface area (Å²) in [5, 5.41) is 11.1. The fourth-order valence-electron chi connectivity index (χ4n) is 3.63. The van der Waals surface area contributed by atoms with Crippen molar-refractivity contribution in [2.24, 2.45) is 0 Å². The Hall–Kier alpha value is -1.84. The monoisotopic (exact) mass is 352 g/mol. The Balaban J connectivity index is 1.61. The van der Waals surface area contributed by atoms with Gasteiger partial charge in [0, 0.05) is 26.1 Å². The number of nitrogens with zero attached hydrogens (tertiary/aromatic N) is 1. The molecule has 1 radical (unpaired) electrons. The molecule has 0 atom stereocenters. The molecule has 3 heteroatoms. The molecule has 1 N–H and O–H groups in total. The zero-order chi connectivity index (χ0) is 18.4. The van der Waals surface area contributed by atoms with Gasteiger partial charge in [0.05, 0.1) is 5.60 Å². The van der Waals surface area contributed by atoms with Crippen molar-refractivity contribution in [3.05, 3.63) is 71.6 Å². The minimum atomic E-state index is -0.635. The van der Waals surface area contributed by atoms with Crippen LogP contribution in [0.5, 0.6) is 5.75 Å². The third-order valence-corrected chi connectivity index (χ3v) is 5.06. The van der Waals surface area contributed by atoms with Crippen LogP contribution in [0.3, 0.4) is 0 Å². The molecule has 0 amide bonds. The van der Waals surface area contributed by atoms with E-state index in [9.17, 15) is 5.11 Å². The molecule has 2 aromatic rings. The topological polar surface area (TPSA) is 32.7 Å². The second-order valence-electron chi connectivity index (χ2n) is 7.77. The highest BCUT2D eigenvalue weighted by Gasteiger charge is 2.33. The summed E-state index contributed by atoms with van der Waals surface area (Å²) >= 11 is 0. The molecule has 0 unspecified atom stereocenters. The van der Waals surface area contributed by atoms with Crippen molar-refractivity contribution < 1.29 is 9.84 Å². The second kappa shape index (κ2) is 8.70. The first kappa shape index (κ1) is 18.9. The Kier molecular flexibility index (Phi) is 6.33. The SMILES string of the molecule is C[C](C)CN1CCC(O)(Cc2ccccc2OCc2ccccc2)CC1. The Bertz CT molecular complexity index is 676. The number of piperidine rings is 1. The van der Waals surface area contributed by atoms with Gasteiger partial charge in [-0.25, -0.2) is 0 Å². The molecule has 26 heavy (non-hydrogen) atoms. The highest BCUT2D eigenvalue weighted by atomic mass is 16.5. The summed E-state index contributed by atoms with van der Waals surface area (Å²) < 4.78 is 6.06. The number of para-hydroxylation sites is 1. The number of hydrogen-bond acceptors (Lipinski definition) is 3. The van der Waals surface area contributed by atoms with E-state index in [1.165, 1.54) is 5.92 Å². The lowest BCUT2D eigenvalue weighted by molar-refractivity contribution is -0.0200. The number of ether oxygens (including phenoxy) is 1. The standard InChI is InChI=1S/C23H30NO2/c1-19(2)17-24-14-12-23(25,13-15-24)16-21-10-6-7-11-22(21)26-18-20-8-4-3-5-9-20/h3-11,25H,12-18H2,1-2H3. The zero-order valence-electron chi connectivity index (χ0n) is 15.9. The number of rotatable bonds is 7. The summed E-state index contributed by atoms with van der Waals surface area (Å²) in [6, 6.07) is 18.3. The van der Waals surface area contributed by atoms with Gasteiger partial charge < -0.3 is 14.7 Å². The first-order valence-electron chi connectivity index (χ1n) is 9.52. The summed E-state index contributed by atoms with van der Waals surface area (Å²) in [7, 11) is 0. The van der Waals surface area contributed by atoms with E-state index in [4.69, 9.17) is 4.74 Å². The molecule has 3 nitrogen and oxygen atoms in total. The molecule has 139 valence electrons. The predicted octanol–water partition coefficient (Wildman–Crippen LogP) is 4.25. The molecule has 0 aliphatic carbocycles. The Morgan fingerprint density at radius 3 is 2.35 bits per heavy atom. The van der Waals surface area contributed by atoms with E-state index in [1.807, 2.05) is 36.4 Å². The van der Waals surface area contributed by atoms with E-state index in [-0.39, 0.29) is 0 Å². The summed E-state index contributed by atoms with van der Waals surface area (Å²) in [4.78, 5) is 2.43. The average Bonchev–Trinajstić information content (AvgIpc) is 2.64. The molecule has 0 aromatic heterocycles. The lowest BCUT2D eigenvalue weighted by Crippen LogP contribution is -2.46. The highest BCUT2D eigenvalue weighted by molar-refractivity contribution is 5.35. The Morgan fingerprint density at radius 1 is 1.00 bits per heavy atom. The van der Waals surface area contributed by atoms with Crippen LogP contribution in [0.15, 0.2) is 54.6 Å². The zero-order valence-corrected chi connectivity index (χ0v) is 15.9. The summed E-state index contributed by atoms with van der Waals surface area (Å²) in [6.45, 7) is 7.83. The van der Waals surface area contributed by atoms with Gasteiger partial charge >= 0.3 is 0 Å². The summed E-state index contributed by atoms with van der Waals surface area (Å²) in [5.74, 6) is 2.31. The average molecular weight is 352 g/mol. The van der Waals surface area contributed by atoms with Gasteiger partial charge in [-0.05, 0) is 36.0 Å². The highest BCUT2D eigenvalue weighted by Crippen LogP contribution is 2.31. The molecule has 3 rings (SSSR count). The van der Waals surface area contributed by atoms with Crippen LogP contribution in [-0.2, 0) is 13.0 Å². The quantitative estimate of drug-likeness (QED) is 0.809. The molecule has 1 saturated heterocycles. The third kappa shape index (κ3) is 5.33. The lowest BCUT2D eigenvalue weighted by Gasteiger charge is -2.39. The molecular weight excluding hydrogens is 322 g/mol. The maximum absolute atomic E-state index is 11.1. The van der Waals surface area contributed by atoms with E-state index in [0.717, 1.165) is 49.4 Å². The Labute approximate surface area is 157 Å². The largest absolute Gasteiger partial charge is 0.489 e. The van der Waals surface area contributed by atoms with Crippen molar-refractivity contribution in [3.63, 3.8) is 0 Å². The molecule has 1 aliphatic heterocycles. The summed E-state index contributed by atoms with van der Waals surface area (Å²) in [6.07, 6.45) is 2.28. The molecule has 0 spiro atoms. The van der Waals surface area contributed by atoms with E-state index >= 15 is 0 Å². The fourth-order valence-corrected chi connectivity index (χ4v) is 3.63. The lowest BCUT2D eigenvalue weighted by atomic mass is 9.85. The molecule has 1 fully saturated rings. The van der Waals surface area contributed by atoms with Gasteiger partial charge in [0.2, 0.25) is 0 Å². The first-order valence-corrected chi connectivity index (χ1v) is 9.52. The maximum atomic E-state index is 11.1. The van der Waals surface area contributed by atoms with Gasteiger partial charge in [-0.1, -0.05) is 62.4 Å². The van der Waals surface area contributed by atoms with Crippen LogP contribution in [0.2, 0.25) is 0 Å². The number of aliphatic hydroxyl groups is 1. The van der Waals surface area contributed by atoms with Gasteiger partial charge in [0.25, 0.3) is 0 Å². The smallest absolute Gasteiger partial charge is 0.123 e. The Morgan fingerprint density at radius 2 is 1.65 bits per heavy atom. The van der Waals surface area contributed by atoms with E-state index < -0.39 is 5.60 Å². The number of benzene rings is 2. The van der Waals surface area contributed by atoms with E-state index in [2.05, 4.69) is 36.9 Å². The molecule has 2 aromatic carbocycles. The van der Waals surface area contributed by atoms with Crippen LogP contribution in [0, 0.1) is 5.92 Å². The van der Waals surface area contributed by atoms with Crippen molar-refractivity contribution in [1.29, 1.82) is 0 Å². The minimum Gasteiger partial charge on any atom is -0.489 e. The van der Waals surface area contributed by atoms with Crippen LogP contribution in [-0.4, -0.2) is 35.2 Å². The number of hydrogen-bond donors (Lipinski definition) is 1. The van der Waals surface area contributed by atoms with Crippen molar-refractivity contribution in [3.8, 4) is 5.75 Å². The molecule has 0 bridgehead atoms. The molecule has 0 saturated carbocycles. The minimum absolute atomic E-state index is 0.551. The van der Waals surface area contributed by atoms with Crippen LogP contribution >= 0.6 is 0 Å². The van der Waals surface area contributed by atoms with Gasteiger partial charge in [0.15, 0.2) is 0 Å². The number of likely N-dealkylation sites (tertiary alicyclic amines) is 1. The van der Waals surface area contributed by atoms with Crippen molar-refractivity contribution >= 4 is 0 Å². The van der Waals surface area contributed by atoms with Gasteiger partial charge in [-0.3, -0.25) is 0 Å².